The van der Waals surface area contributed by atoms with Crippen molar-refractivity contribution in [3.63, 3.8) is 0 Å². The van der Waals surface area contributed by atoms with Crippen LogP contribution in [0, 0.1) is 0 Å². The number of aromatic nitrogens is 2. The molecule has 0 unspecified atom stereocenters. The van der Waals surface area contributed by atoms with Crippen LogP contribution in [0.15, 0.2) is 12.1 Å². The van der Waals surface area contributed by atoms with E-state index in [1.165, 1.54) is 22.9 Å². The molecule has 0 N–H and O–H groups in total. The zero-order chi connectivity index (χ0) is 9.26. The van der Waals surface area contributed by atoms with Crippen LogP contribution in [0.2, 0.25) is 0 Å². The third kappa shape index (κ3) is 1.33. The van der Waals surface area contributed by atoms with E-state index in [0.29, 0.717) is 0 Å². The molecule has 0 amide bonds. The Morgan fingerprint density at radius 1 is 1.00 bits per heavy atom. The molecule has 1 aromatic carbocycles. The molecule has 2 aromatic rings. The van der Waals surface area contributed by atoms with Crippen LogP contribution in [-0.4, -0.2) is 8.75 Å². The average Bonchev–Trinajstić information content (AvgIpc) is 2.64. The van der Waals surface area contributed by atoms with Crippen molar-refractivity contribution in [2.45, 2.75) is 26.7 Å². The zero-order valence-electron chi connectivity index (χ0n) is 7.87. The summed E-state index contributed by atoms with van der Waals surface area (Å²) in [7, 11) is 0. The Labute approximate surface area is 81.9 Å². The molecule has 0 atom stereocenters. The highest BCUT2D eigenvalue weighted by Gasteiger charge is 2.07. The van der Waals surface area contributed by atoms with E-state index in [9.17, 15) is 0 Å². The van der Waals surface area contributed by atoms with Gasteiger partial charge in [-0.15, -0.1) is 0 Å². The van der Waals surface area contributed by atoms with Crippen molar-refractivity contribution in [3.05, 3.63) is 23.3 Å². The van der Waals surface area contributed by atoms with Gasteiger partial charge in [0.2, 0.25) is 0 Å². The van der Waals surface area contributed by atoms with Crippen LogP contribution in [0.1, 0.15) is 25.0 Å². The molecular formula is C10H12N2S. The maximum absolute atomic E-state index is 4.33. The fourth-order valence-corrected chi connectivity index (χ4v) is 2.15. The van der Waals surface area contributed by atoms with Crippen LogP contribution in [0.25, 0.3) is 11.0 Å². The lowest BCUT2D eigenvalue weighted by Gasteiger charge is -2.00. The summed E-state index contributed by atoms with van der Waals surface area (Å²) < 4.78 is 8.66. The van der Waals surface area contributed by atoms with Crippen LogP contribution in [0.5, 0.6) is 0 Å². The second-order valence-corrected chi connectivity index (χ2v) is 3.58. The van der Waals surface area contributed by atoms with Gasteiger partial charge in [0, 0.05) is 0 Å². The van der Waals surface area contributed by atoms with Gasteiger partial charge in [0.1, 0.15) is 11.0 Å². The highest BCUT2D eigenvalue weighted by molar-refractivity contribution is 7.00. The predicted octanol–water partition coefficient (Wildman–Crippen LogP) is 2.82. The largest absolute Gasteiger partial charge is 0.173 e. The predicted molar refractivity (Wildman–Crippen MR) is 56.2 cm³/mol. The van der Waals surface area contributed by atoms with Crippen LogP contribution < -0.4 is 0 Å². The molecule has 0 spiro atoms. The molecular weight excluding hydrogens is 180 g/mol. The van der Waals surface area contributed by atoms with E-state index in [0.717, 1.165) is 23.9 Å². The van der Waals surface area contributed by atoms with E-state index < -0.39 is 0 Å². The fraction of sp³-hybridized carbons (Fsp3) is 0.400. The lowest BCUT2D eigenvalue weighted by Crippen LogP contribution is -1.88. The van der Waals surface area contributed by atoms with Gasteiger partial charge in [-0.05, 0) is 24.0 Å². The van der Waals surface area contributed by atoms with Gasteiger partial charge in [0.15, 0.2) is 0 Å². The SMILES string of the molecule is CCc1ccc(CC)c2nsnc12. The summed E-state index contributed by atoms with van der Waals surface area (Å²) in [6.45, 7) is 4.31. The third-order valence-corrected chi connectivity index (χ3v) is 2.87. The molecule has 0 aliphatic carbocycles. The maximum Gasteiger partial charge on any atom is 0.108 e. The Hall–Kier alpha value is -0.960. The summed E-state index contributed by atoms with van der Waals surface area (Å²) in [5, 5.41) is 0. The molecule has 0 fully saturated rings. The monoisotopic (exact) mass is 192 g/mol. The van der Waals surface area contributed by atoms with Gasteiger partial charge in [-0.1, -0.05) is 26.0 Å². The van der Waals surface area contributed by atoms with E-state index in [4.69, 9.17) is 0 Å². The summed E-state index contributed by atoms with van der Waals surface area (Å²) in [4.78, 5) is 0. The Balaban J connectivity index is 2.74. The topological polar surface area (TPSA) is 25.8 Å². The number of rotatable bonds is 2. The molecule has 0 saturated heterocycles. The average molecular weight is 192 g/mol. The van der Waals surface area contributed by atoms with Gasteiger partial charge in [-0.2, -0.15) is 8.75 Å². The normalized spacial score (nSPS) is 10.9. The number of nitrogens with zero attached hydrogens (tertiary/aromatic N) is 2. The summed E-state index contributed by atoms with van der Waals surface area (Å²) in [5.74, 6) is 0. The highest BCUT2D eigenvalue weighted by Crippen LogP contribution is 2.21. The van der Waals surface area contributed by atoms with Crippen molar-refractivity contribution >= 4 is 22.8 Å². The van der Waals surface area contributed by atoms with Crippen molar-refractivity contribution in [3.8, 4) is 0 Å². The van der Waals surface area contributed by atoms with Crippen molar-refractivity contribution in [1.29, 1.82) is 0 Å². The van der Waals surface area contributed by atoms with Gasteiger partial charge in [-0.25, -0.2) is 0 Å². The minimum Gasteiger partial charge on any atom is -0.173 e. The van der Waals surface area contributed by atoms with E-state index in [2.05, 4.69) is 34.7 Å². The fourth-order valence-electron chi connectivity index (χ4n) is 1.54. The first-order chi connectivity index (χ1) is 6.36. The smallest absolute Gasteiger partial charge is 0.108 e. The second-order valence-electron chi connectivity index (χ2n) is 3.05. The molecule has 0 saturated carbocycles. The first-order valence-electron chi connectivity index (χ1n) is 4.59. The number of hydrogen-bond acceptors (Lipinski definition) is 3. The van der Waals surface area contributed by atoms with Gasteiger partial charge in [-0.3, -0.25) is 0 Å². The lowest BCUT2D eigenvalue weighted by molar-refractivity contribution is 1.12. The van der Waals surface area contributed by atoms with Crippen molar-refractivity contribution in [2.24, 2.45) is 0 Å². The summed E-state index contributed by atoms with van der Waals surface area (Å²) >= 11 is 1.31. The molecule has 2 rings (SSSR count). The van der Waals surface area contributed by atoms with Crippen LogP contribution >= 0.6 is 11.7 Å². The van der Waals surface area contributed by atoms with Gasteiger partial charge in [0.25, 0.3) is 0 Å². The van der Waals surface area contributed by atoms with Crippen LogP contribution in [0.4, 0.5) is 0 Å². The highest BCUT2D eigenvalue weighted by atomic mass is 32.1. The Morgan fingerprint density at radius 3 is 1.85 bits per heavy atom. The molecule has 68 valence electrons. The Bertz CT molecular complexity index is 382. The zero-order valence-corrected chi connectivity index (χ0v) is 8.69. The molecule has 13 heavy (non-hydrogen) atoms. The third-order valence-electron chi connectivity index (χ3n) is 2.34. The van der Waals surface area contributed by atoms with Gasteiger partial charge >= 0.3 is 0 Å². The van der Waals surface area contributed by atoms with E-state index in [-0.39, 0.29) is 0 Å². The molecule has 2 nitrogen and oxygen atoms in total. The first kappa shape index (κ1) is 8.63. The quantitative estimate of drug-likeness (QED) is 0.731. The van der Waals surface area contributed by atoms with Gasteiger partial charge in [0.05, 0.1) is 11.7 Å². The minimum atomic E-state index is 1.03. The Morgan fingerprint density at radius 2 is 1.46 bits per heavy atom. The molecule has 1 aromatic heterocycles. The van der Waals surface area contributed by atoms with Crippen molar-refractivity contribution in [2.75, 3.05) is 0 Å². The molecule has 0 aliphatic heterocycles. The van der Waals surface area contributed by atoms with E-state index in [1.807, 2.05) is 0 Å². The Kier molecular flexibility index (Phi) is 2.27. The number of aryl methyl sites for hydroxylation is 2. The molecule has 0 bridgehead atoms. The molecule has 0 aliphatic rings. The van der Waals surface area contributed by atoms with E-state index >= 15 is 0 Å². The molecule has 0 radical (unpaired) electrons. The summed E-state index contributed by atoms with van der Waals surface area (Å²) in [6, 6.07) is 4.34. The van der Waals surface area contributed by atoms with Crippen LogP contribution in [-0.2, 0) is 12.8 Å². The van der Waals surface area contributed by atoms with Crippen LogP contribution in [0.3, 0.4) is 0 Å². The molecule has 3 heteroatoms. The number of benzene rings is 1. The lowest BCUT2D eigenvalue weighted by atomic mass is 10.1. The number of hydrogen-bond donors (Lipinski definition) is 0. The maximum atomic E-state index is 4.33. The van der Waals surface area contributed by atoms with E-state index in [1.54, 1.807) is 0 Å². The van der Waals surface area contributed by atoms with Crippen molar-refractivity contribution in [1.82, 2.24) is 8.75 Å². The van der Waals surface area contributed by atoms with Gasteiger partial charge < -0.3 is 0 Å². The summed E-state index contributed by atoms with van der Waals surface area (Å²) in [6.07, 6.45) is 2.07. The van der Waals surface area contributed by atoms with Crippen molar-refractivity contribution < 1.29 is 0 Å². The first-order valence-corrected chi connectivity index (χ1v) is 5.32. The standard InChI is InChI=1S/C10H12N2S/c1-3-7-5-6-8(4-2)10-9(7)11-13-12-10/h5-6H,3-4H2,1-2H3. The molecule has 1 heterocycles. The second kappa shape index (κ2) is 3.42. The minimum absolute atomic E-state index is 1.03. The number of fused-ring (bicyclic) bond motifs is 1. The summed E-state index contributed by atoms with van der Waals surface area (Å²) in [5.41, 5.74) is 4.82.